The Hall–Kier alpha value is -1.91. The summed E-state index contributed by atoms with van der Waals surface area (Å²) in [5.74, 6) is 0.116. The fourth-order valence-electron chi connectivity index (χ4n) is 2.77. The summed E-state index contributed by atoms with van der Waals surface area (Å²) in [7, 11) is 0. The molecule has 0 bridgehead atoms. The van der Waals surface area contributed by atoms with E-state index >= 15 is 0 Å². The molecule has 2 aromatic rings. The van der Waals surface area contributed by atoms with Crippen LogP contribution in [0.2, 0.25) is 5.02 Å². The van der Waals surface area contributed by atoms with E-state index < -0.39 is 0 Å². The number of morpholine rings is 1. The number of rotatable bonds is 4. The van der Waals surface area contributed by atoms with Crippen molar-refractivity contribution in [1.82, 2.24) is 9.88 Å². The number of hydrogen-bond donors (Lipinski definition) is 0. The molecule has 0 radical (unpaired) electrons. The number of aromatic nitrogens is 1. The normalized spacial score (nSPS) is 18.0. The highest BCUT2D eigenvalue weighted by Crippen LogP contribution is 2.19. The van der Waals surface area contributed by atoms with Gasteiger partial charge in [0, 0.05) is 36.9 Å². The Morgan fingerprint density at radius 3 is 2.96 bits per heavy atom. The minimum Gasteiger partial charge on any atom is -0.374 e. The zero-order valence-corrected chi connectivity index (χ0v) is 13.6. The molecule has 1 amide bonds. The molecule has 23 heavy (non-hydrogen) atoms. The maximum absolute atomic E-state index is 12.4. The first-order chi connectivity index (χ1) is 11.2. The van der Waals surface area contributed by atoms with Crippen molar-refractivity contribution in [3.63, 3.8) is 0 Å². The Balaban J connectivity index is 1.59. The van der Waals surface area contributed by atoms with Crippen LogP contribution in [0.4, 0.5) is 0 Å². The average molecular weight is 331 g/mol. The molecule has 0 unspecified atom stereocenters. The van der Waals surface area contributed by atoms with Crippen LogP contribution in [-0.2, 0) is 22.4 Å². The Morgan fingerprint density at radius 1 is 1.30 bits per heavy atom. The maximum Gasteiger partial charge on any atom is 0.227 e. The SMILES string of the molecule is O=C(Cc1cccnc1)N1CCO[C@@H](Cc2ccccc2Cl)C1. The van der Waals surface area contributed by atoms with Gasteiger partial charge in [0.2, 0.25) is 5.91 Å². The highest BCUT2D eigenvalue weighted by Gasteiger charge is 2.24. The van der Waals surface area contributed by atoms with E-state index in [-0.39, 0.29) is 12.0 Å². The lowest BCUT2D eigenvalue weighted by atomic mass is 10.1. The van der Waals surface area contributed by atoms with Gasteiger partial charge in [0.25, 0.3) is 0 Å². The molecule has 1 saturated heterocycles. The van der Waals surface area contributed by atoms with Crippen molar-refractivity contribution in [2.45, 2.75) is 18.9 Å². The van der Waals surface area contributed by atoms with Gasteiger partial charge in [-0.05, 0) is 23.3 Å². The third-order valence-corrected chi connectivity index (χ3v) is 4.34. The van der Waals surface area contributed by atoms with Gasteiger partial charge in [-0.2, -0.15) is 0 Å². The Morgan fingerprint density at radius 2 is 2.17 bits per heavy atom. The molecular formula is C18H19ClN2O2. The number of halogens is 1. The van der Waals surface area contributed by atoms with Crippen LogP contribution < -0.4 is 0 Å². The largest absolute Gasteiger partial charge is 0.374 e. The van der Waals surface area contributed by atoms with Crippen molar-refractivity contribution in [3.8, 4) is 0 Å². The van der Waals surface area contributed by atoms with Crippen molar-refractivity contribution in [2.24, 2.45) is 0 Å². The molecule has 1 fully saturated rings. The molecule has 0 N–H and O–H groups in total. The van der Waals surface area contributed by atoms with Gasteiger partial charge < -0.3 is 9.64 Å². The molecule has 4 nitrogen and oxygen atoms in total. The molecular weight excluding hydrogens is 312 g/mol. The zero-order valence-electron chi connectivity index (χ0n) is 12.8. The van der Waals surface area contributed by atoms with Gasteiger partial charge in [-0.25, -0.2) is 0 Å². The van der Waals surface area contributed by atoms with Crippen molar-refractivity contribution in [1.29, 1.82) is 0 Å². The molecule has 1 aromatic heterocycles. The molecule has 0 spiro atoms. The summed E-state index contributed by atoms with van der Waals surface area (Å²) < 4.78 is 5.80. The van der Waals surface area contributed by atoms with Crippen molar-refractivity contribution >= 4 is 17.5 Å². The molecule has 0 aliphatic carbocycles. The highest BCUT2D eigenvalue weighted by molar-refractivity contribution is 6.31. The molecule has 1 atom stereocenters. The first-order valence-corrected chi connectivity index (χ1v) is 8.12. The van der Waals surface area contributed by atoms with Crippen LogP contribution in [0.25, 0.3) is 0 Å². The number of ether oxygens (including phenoxy) is 1. The summed E-state index contributed by atoms with van der Waals surface area (Å²) in [4.78, 5) is 18.4. The van der Waals surface area contributed by atoms with E-state index in [0.29, 0.717) is 26.1 Å². The van der Waals surface area contributed by atoms with Crippen LogP contribution >= 0.6 is 11.6 Å². The lowest BCUT2D eigenvalue weighted by molar-refractivity contribution is -0.138. The van der Waals surface area contributed by atoms with Gasteiger partial charge in [0.05, 0.1) is 19.1 Å². The van der Waals surface area contributed by atoms with Crippen LogP contribution in [-0.4, -0.2) is 41.6 Å². The quantitative estimate of drug-likeness (QED) is 0.865. The van der Waals surface area contributed by atoms with E-state index in [9.17, 15) is 4.79 Å². The molecule has 120 valence electrons. The maximum atomic E-state index is 12.4. The molecule has 2 heterocycles. The summed E-state index contributed by atoms with van der Waals surface area (Å²) in [5.41, 5.74) is 1.99. The number of carbonyl (C=O) groups excluding carboxylic acids is 1. The summed E-state index contributed by atoms with van der Waals surface area (Å²) in [6.07, 6.45) is 4.53. The number of amides is 1. The summed E-state index contributed by atoms with van der Waals surface area (Å²) in [6.45, 7) is 1.80. The fourth-order valence-corrected chi connectivity index (χ4v) is 2.98. The minimum absolute atomic E-state index is 0.0125. The second-order valence-corrected chi connectivity index (χ2v) is 6.07. The fraction of sp³-hybridized carbons (Fsp3) is 0.333. The van der Waals surface area contributed by atoms with Crippen LogP contribution in [0.5, 0.6) is 0 Å². The van der Waals surface area contributed by atoms with Gasteiger partial charge in [0.1, 0.15) is 0 Å². The Kier molecular flexibility index (Phi) is 5.26. The standard InChI is InChI=1S/C18H19ClN2O2/c19-17-6-2-1-5-15(17)11-16-13-21(8-9-23-16)18(22)10-14-4-3-7-20-12-14/h1-7,12,16H,8-11,13H2/t16-/m0/s1. The number of carbonyl (C=O) groups is 1. The monoisotopic (exact) mass is 330 g/mol. The van der Waals surface area contributed by atoms with Crippen LogP contribution in [0, 0.1) is 0 Å². The smallest absolute Gasteiger partial charge is 0.227 e. The van der Waals surface area contributed by atoms with Crippen molar-refractivity contribution in [3.05, 3.63) is 64.9 Å². The van der Waals surface area contributed by atoms with E-state index in [2.05, 4.69) is 4.98 Å². The second-order valence-electron chi connectivity index (χ2n) is 5.67. The lowest BCUT2D eigenvalue weighted by Crippen LogP contribution is -2.46. The molecule has 1 aromatic carbocycles. The van der Waals surface area contributed by atoms with Gasteiger partial charge in [-0.1, -0.05) is 35.9 Å². The molecule has 5 heteroatoms. The molecule has 1 aliphatic heterocycles. The van der Waals surface area contributed by atoms with E-state index in [4.69, 9.17) is 16.3 Å². The van der Waals surface area contributed by atoms with E-state index in [1.165, 1.54) is 0 Å². The average Bonchev–Trinajstić information content (AvgIpc) is 2.58. The van der Waals surface area contributed by atoms with Crippen molar-refractivity contribution < 1.29 is 9.53 Å². The van der Waals surface area contributed by atoms with Gasteiger partial charge in [0.15, 0.2) is 0 Å². The van der Waals surface area contributed by atoms with Crippen molar-refractivity contribution in [2.75, 3.05) is 19.7 Å². The third-order valence-electron chi connectivity index (χ3n) is 3.98. The lowest BCUT2D eigenvalue weighted by Gasteiger charge is -2.33. The molecule has 1 aliphatic rings. The second kappa shape index (κ2) is 7.57. The topological polar surface area (TPSA) is 42.4 Å². The number of benzene rings is 1. The Labute approximate surface area is 141 Å². The predicted molar refractivity (Wildman–Crippen MR) is 89.4 cm³/mol. The van der Waals surface area contributed by atoms with Gasteiger partial charge in [-0.3, -0.25) is 9.78 Å². The summed E-state index contributed by atoms with van der Waals surface area (Å²) >= 11 is 6.21. The van der Waals surface area contributed by atoms with Gasteiger partial charge >= 0.3 is 0 Å². The molecule has 3 rings (SSSR count). The minimum atomic E-state index is -0.0125. The first kappa shape index (κ1) is 16.0. The van der Waals surface area contributed by atoms with E-state index in [1.54, 1.807) is 12.4 Å². The summed E-state index contributed by atoms with van der Waals surface area (Å²) in [5, 5.41) is 0.745. The predicted octanol–water partition coefficient (Wildman–Crippen LogP) is 2.75. The highest BCUT2D eigenvalue weighted by atomic mass is 35.5. The molecule has 0 saturated carbocycles. The number of pyridine rings is 1. The van der Waals surface area contributed by atoms with Crippen LogP contribution in [0.3, 0.4) is 0 Å². The first-order valence-electron chi connectivity index (χ1n) is 7.74. The van der Waals surface area contributed by atoms with Crippen LogP contribution in [0.1, 0.15) is 11.1 Å². The summed E-state index contributed by atoms with van der Waals surface area (Å²) in [6, 6.07) is 11.5. The van der Waals surface area contributed by atoms with Crippen LogP contribution in [0.15, 0.2) is 48.8 Å². The van der Waals surface area contributed by atoms with Gasteiger partial charge in [-0.15, -0.1) is 0 Å². The van der Waals surface area contributed by atoms with E-state index in [1.807, 2.05) is 41.3 Å². The third kappa shape index (κ3) is 4.30. The Bertz CT molecular complexity index is 663. The number of hydrogen-bond acceptors (Lipinski definition) is 3. The van der Waals surface area contributed by atoms with E-state index in [0.717, 1.165) is 22.6 Å². The number of nitrogens with zero attached hydrogens (tertiary/aromatic N) is 2. The zero-order chi connectivity index (χ0) is 16.1.